The van der Waals surface area contributed by atoms with Crippen molar-refractivity contribution in [3.63, 3.8) is 0 Å². The second kappa shape index (κ2) is 7.51. The van der Waals surface area contributed by atoms with Crippen LogP contribution < -0.4 is 5.30 Å². The Bertz CT molecular complexity index is 777. The summed E-state index contributed by atoms with van der Waals surface area (Å²) in [5, 5.41) is 10.1. The highest BCUT2D eigenvalue weighted by Crippen LogP contribution is 2.37. The van der Waals surface area contributed by atoms with E-state index in [0.717, 1.165) is 11.0 Å². The van der Waals surface area contributed by atoms with Crippen LogP contribution in [0, 0.1) is 5.41 Å². The lowest BCUT2D eigenvalue weighted by Crippen LogP contribution is -2.31. The van der Waals surface area contributed by atoms with Crippen LogP contribution in [0.15, 0.2) is 42.5 Å². The molecule has 0 heterocycles. The molecule has 0 aliphatic rings. The van der Waals surface area contributed by atoms with Crippen LogP contribution in [-0.2, 0) is 16.2 Å². The van der Waals surface area contributed by atoms with Crippen molar-refractivity contribution in [2.45, 2.75) is 78.6 Å². The lowest BCUT2D eigenvalue weighted by Gasteiger charge is -2.33. The molecule has 2 heteroatoms. The number of hydrogen-bond acceptors (Lipinski definition) is 1. The average molecular weight is 382 g/mol. The predicted molar refractivity (Wildman–Crippen MR) is 124 cm³/mol. The van der Waals surface area contributed by atoms with Gasteiger partial charge in [0.15, 0.2) is 0 Å². The fraction of sp³-hybridized carbons (Fsp3) is 0.480. The van der Waals surface area contributed by atoms with E-state index in [1.54, 1.807) is 0 Å². The van der Waals surface area contributed by atoms with Gasteiger partial charge in [-0.05, 0) is 52.4 Å². The van der Waals surface area contributed by atoms with Crippen LogP contribution in [0.25, 0.3) is 0 Å². The van der Waals surface area contributed by atoms with Crippen LogP contribution in [0.3, 0.4) is 0 Å². The summed E-state index contributed by atoms with van der Waals surface area (Å²) in [5.74, 6) is 0. The summed E-state index contributed by atoms with van der Waals surface area (Å²) >= 11 is 0. The van der Waals surface area contributed by atoms with Crippen LogP contribution in [0.5, 0.6) is 0 Å². The van der Waals surface area contributed by atoms with Crippen molar-refractivity contribution in [1.82, 2.24) is 0 Å². The molecule has 0 saturated carbocycles. The molecule has 146 valence electrons. The number of rotatable bonds is 3. The maximum absolute atomic E-state index is 8.76. The predicted octanol–water partition coefficient (Wildman–Crippen LogP) is 6.91. The van der Waals surface area contributed by atoms with Crippen LogP contribution in [0.1, 0.15) is 84.6 Å². The van der Waals surface area contributed by atoms with E-state index in [9.17, 15) is 0 Å². The summed E-state index contributed by atoms with van der Waals surface area (Å²) in [4.78, 5) is 0. The second-order valence-electron chi connectivity index (χ2n) is 10.6. The fourth-order valence-electron chi connectivity index (χ4n) is 3.19. The molecular weight excluding hydrogens is 345 g/mol. The van der Waals surface area contributed by atoms with Gasteiger partial charge in [-0.15, -0.1) is 0 Å². The summed E-state index contributed by atoms with van der Waals surface area (Å²) in [7, 11) is 0.364. The highest BCUT2D eigenvalue weighted by molar-refractivity contribution is 7.66. The summed E-state index contributed by atoms with van der Waals surface area (Å²) in [6.07, 6.45) is 0. The Kier molecular flexibility index (Phi) is 6.08. The fourth-order valence-corrected chi connectivity index (χ4v) is 4.92. The third-order valence-corrected chi connectivity index (χ3v) is 6.26. The highest BCUT2D eigenvalue weighted by atomic mass is 31.1. The second-order valence-corrected chi connectivity index (χ2v) is 11.8. The van der Waals surface area contributed by atoms with Crippen molar-refractivity contribution < 1.29 is 0 Å². The zero-order chi connectivity index (χ0) is 20.6. The maximum atomic E-state index is 8.76. The normalized spacial score (nSPS) is 13.4. The largest absolute Gasteiger partial charge is 0.300 e. The smallest absolute Gasteiger partial charge is 0.0627 e. The van der Waals surface area contributed by atoms with Gasteiger partial charge < -0.3 is 0 Å². The van der Waals surface area contributed by atoms with Gasteiger partial charge in [0.05, 0.1) is 5.45 Å². The Morgan fingerprint density at radius 3 is 1.52 bits per heavy atom. The van der Waals surface area contributed by atoms with Gasteiger partial charge in [0.25, 0.3) is 0 Å². The minimum atomic E-state index is 0.0422. The van der Waals surface area contributed by atoms with Gasteiger partial charge in [0.1, 0.15) is 0 Å². The summed E-state index contributed by atoms with van der Waals surface area (Å²) in [6, 6.07) is 14.9. The first-order valence-corrected chi connectivity index (χ1v) is 10.8. The van der Waals surface area contributed by atoms with Crippen molar-refractivity contribution in [3.05, 3.63) is 64.7 Å². The zero-order valence-corrected chi connectivity index (χ0v) is 19.5. The van der Waals surface area contributed by atoms with Gasteiger partial charge in [-0.1, -0.05) is 105 Å². The minimum Gasteiger partial charge on any atom is -0.300 e. The molecule has 0 radical (unpaired) electrons. The van der Waals surface area contributed by atoms with Crippen molar-refractivity contribution in [3.8, 4) is 0 Å². The van der Waals surface area contributed by atoms with Crippen LogP contribution in [-0.4, -0.2) is 5.45 Å². The first-order valence-electron chi connectivity index (χ1n) is 9.82. The summed E-state index contributed by atoms with van der Waals surface area (Å²) in [6.45, 7) is 20.6. The molecule has 0 bridgehead atoms. The SMILES string of the molecule is CC(C)(C)c1cc(C(C)(C)C)c(PC(=N)c2ccccc2)c(C(C)(C)C)c1. The molecule has 1 unspecified atom stereocenters. The molecule has 2 aromatic carbocycles. The average Bonchev–Trinajstić information content (AvgIpc) is 2.52. The molecule has 27 heavy (non-hydrogen) atoms. The molecule has 0 aromatic heterocycles. The summed E-state index contributed by atoms with van der Waals surface area (Å²) in [5.41, 5.74) is 6.09. The molecule has 0 fully saturated rings. The van der Waals surface area contributed by atoms with Gasteiger partial charge in [-0.2, -0.15) is 0 Å². The van der Waals surface area contributed by atoms with Crippen molar-refractivity contribution in [2.75, 3.05) is 0 Å². The summed E-state index contributed by atoms with van der Waals surface area (Å²) < 4.78 is 0. The van der Waals surface area contributed by atoms with E-state index in [-0.39, 0.29) is 16.2 Å². The van der Waals surface area contributed by atoms with E-state index in [4.69, 9.17) is 5.41 Å². The molecule has 1 atom stereocenters. The van der Waals surface area contributed by atoms with Crippen molar-refractivity contribution in [1.29, 1.82) is 5.41 Å². The van der Waals surface area contributed by atoms with E-state index in [0.29, 0.717) is 8.58 Å². The molecule has 0 aliphatic carbocycles. The molecule has 1 nitrogen and oxygen atoms in total. The van der Waals surface area contributed by atoms with Gasteiger partial charge in [0, 0.05) is 0 Å². The van der Waals surface area contributed by atoms with E-state index >= 15 is 0 Å². The molecule has 2 aromatic rings. The van der Waals surface area contributed by atoms with Gasteiger partial charge in [-0.3, -0.25) is 5.41 Å². The lowest BCUT2D eigenvalue weighted by molar-refractivity contribution is 0.554. The van der Waals surface area contributed by atoms with Crippen LogP contribution >= 0.6 is 8.58 Å². The Balaban J connectivity index is 2.71. The van der Waals surface area contributed by atoms with E-state index in [2.05, 4.69) is 74.4 Å². The molecular formula is C25H36NP. The first kappa shape index (κ1) is 21.8. The van der Waals surface area contributed by atoms with Crippen molar-refractivity contribution in [2.24, 2.45) is 0 Å². The number of nitrogens with one attached hydrogen (secondary N) is 1. The standard InChI is InChI=1S/C25H36NP/c1-23(2,3)18-15-19(24(4,5)6)21(20(16-18)25(7,8)9)27-22(26)17-13-11-10-12-14-17/h10-16,26-27H,1-9H3. The third-order valence-electron chi connectivity index (χ3n) is 4.93. The molecule has 0 aliphatic heterocycles. The highest BCUT2D eigenvalue weighted by Gasteiger charge is 2.29. The van der Waals surface area contributed by atoms with Gasteiger partial charge >= 0.3 is 0 Å². The van der Waals surface area contributed by atoms with E-state index in [1.165, 1.54) is 22.0 Å². The quantitative estimate of drug-likeness (QED) is 0.441. The van der Waals surface area contributed by atoms with E-state index < -0.39 is 0 Å². The maximum Gasteiger partial charge on any atom is 0.0627 e. The van der Waals surface area contributed by atoms with Crippen LogP contribution in [0.2, 0.25) is 0 Å². The topological polar surface area (TPSA) is 23.9 Å². The molecule has 0 saturated heterocycles. The Hall–Kier alpha value is -1.46. The van der Waals surface area contributed by atoms with Crippen molar-refractivity contribution >= 4 is 19.3 Å². The van der Waals surface area contributed by atoms with Crippen LogP contribution in [0.4, 0.5) is 0 Å². The number of benzene rings is 2. The molecule has 2 rings (SSSR count). The Morgan fingerprint density at radius 2 is 1.15 bits per heavy atom. The lowest BCUT2D eigenvalue weighted by atomic mass is 9.75. The Morgan fingerprint density at radius 1 is 0.704 bits per heavy atom. The Labute approximate surface area is 168 Å². The van der Waals surface area contributed by atoms with Gasteiger partial charge in [0.2, 0.25) is 0 Å². The molecule has 1 N–H and O–H groups in total. The van der Waals surface area contributed by atoms with E-state index in [1.807, 2.05) is 30.3 Å². The molecule has 0 amide bonds. The van der Waals surface area contributed by atoms with Gasteiger partial charge in [-0.25, -0.2) is 0 Å². The monoisotopic (exact) mass is 381 g/mol. The molecule has 0 spiro atoms. The number of hydrogen-bond donors (Lipinski definition) is 1. The third kappa shape index (κ3) is 5.29. The minimum absolute atomic E-state index is 0.0422. The zero-order valence-electron chi connectivity index (χ0n) is 18.5. The first-order chi connectivity index (χ1) is 12.2.